The molecule has 0 bridgehead atoms. The van der Waals surface area contributed by atoms with Gasteiger partial charge in [-0.3, -0.25) is 0 Å². The summed E-state index contributed by atoms with van der Waals surface area (Å²) in [6.45, 7) is 11.1. The van der Waals surface area contributed by atoms with E-state index in [1.807, 2.05) is 0 Å². The first kappa shape index (κ1) is 25.2. The zero-order valence-electron chi connectivity index (χ0n) is 11.5. The maximum atomic E-state index is 4.21. The minimum atomic E-state index is 0. The van der Waals surface area contributed by atoms with Crippen molar-refractivity contribution in [3.8, 4) is 0 Å². The Morgan fingerprint density at radius 3 is 1.56 bits per heavy atom. The van der Waals surface area contributed by atoms with Gasteiger partial charge in [0.15, 0.2) is 0 Å². The third kappa shape index (κ3) is 16.7. The van der Waals surface area contributed by atoms with E-state index in [0.29, 0.717) is 12.1 Å². The average Bonchev–Trinajstić information content (AvgIpc) is 2.05. The van der Waals surface area contributed by atoms with Gasteiger partial charge >= 0.3 is 81.6 Å². The van der Waals surface area contributed by atoms with Crippen LogP contribution in [0.2, 0.25) is 0 Å². The molecule has 0 aliphatic rings. The largest absolute Gasteiger partial charge is 0.693 e. The SMILES string of the molecule is CC(C)N(CC[N+]#[Ta])C(C)C.C[N-]C.[NH2-].[NH2-]. The third-order valence-corrected chi connectivity index (χ3v) is 2.50. The molecular formula is C10H28N5Ta-2. The second-order valence-corrected chi connectivity index (χ2v) is 4.75. The van der Waals surface area contributed by atoms with Crippen LogP contribution in [-0.4, -0.2) is 44.2 Å². The van der Waals surface area contributed by atoms with Crippen LogP contribution in [-0.2, 0) is 20.7 Å². The summed E-state index contributed by atoms with van der Waals surface area (Å²) in [6, 6.07) is 1.30. The zero-order chi connectivity index (χ0) is 11.6. The molecule has 0 saturated carbocycles. The minimum absolute atomic E-state index is 0. The molecular weight excluding hydrogens is 371 g/mol. The smallest absolute Gasteiger partial charge is 0.162 e. The van der Waals surface area contributed by atoms with E-state index in [0.717, 1.165) is 33.8 Å². The van der Waals surface area contributed by atoms with Gasteiger partial charge in [0.25, 0.3) is 0 Å². The summed E-state index contributed by atoms with van der Waals surface area (Å²) >= 11 is 1.16. The summed E-state index contributed by atoms with van der Waals surface area (Å²) in [5.41, 5.74) is 0. The van der Waals surface area contributed by atoms with Crippen molar-refractivity contribution in [1.82, 2.24) is 4.90 Å². The van der Waals surface area contributed by atoms with Crippen molar-refractivity contribution in [2.45, 2.75) is 39.8 Å². The van der Waals surface area contributed by atoms with Crippen molar-refractivity contribution in [3.63, 3.8) is 0 Å². The van der Waals surface area contributed by atoms with Crippen LogP contribution in [0.1, 0.15) is 27.7 Å². The first-order valence-electron chi connectivity index (χ1n) is 5.05. The number of rotatable bonds is 4. The second-order valence-electron chi connectivity index (χ2n) is 3.74. The van der Waals surface area contributed by atoms with Crippen LogP contribution >= 0.6 is 0 Å². The van der Waals surface area contributed by atoms with Crippen LogP contribution in [0.5, 0.6) is 0 Å². The Bertz CT molecular complexity index is 148. The van der Waals surface area contributed by atoms with Crippen LogP contribution in [0.3, 0.4) is 0 Å². The number of hydrogen-bond acceptors (Lipinski definition) is 1. The fraction of sp³-hybridized carbons (Fsp3) is 1.00. The molecule has 0 fully saturated rings. The van der Waals surface area contributed by atoms with Gasteiger partial charge in [-0.2, -0.15) is 14.1 Å². The van der Waals surface area contributed by atoms with Crippen molar-refractivity contribution in [2.75, 3.05) is 27.2 Å². The van der Waals surface area contributed by atoms with Crippen molar-refractivity contribution < 1.29 is 20.7 Å². The van der Waals surface area contributed by atoms with Gasteiger partial charge in [-0.05, 0) is 0 Å². The predicted molar refractivity (Wildman–Crippen MR) is 71.0 cm³/mol. The van der Waals surface area contributed by atoms with Gasteiger partial charge in [0.05, 0.1) is 0 Å². The molecule has 0 saturated heterocycles. The molecule has 16 heavy (non-hydrogen) atoms. The van der Waals surface area contributed by atoms with E-state index in [1.54, 1.807) is 14.1 Å². The molecule has 0 aliphatic heterocycles. The topological polar surface area (TPSA) is 88.7 Å². The maximum absolute atomic E-state index is 4.21. The molecule has 6 heteroatoms. The van der Waals surface area contributed by atoms with Gasteiger partial charge in [0.2, 0.25) is 0 Å². The van der Waals surface area contributed by atoms with Gasteiger partial charge < -0.3 is 17.6 Å². The van der Waals surface area contributed by atoms with E-state index < -0.39 is 0 Å². The van der Waals surface area contributed by atoms with Gasteiger partial charge in [0.1, 0.15) is 0 Å². The van der Waals surface area contributed by atoms with Gasteiger partial charge in [-0.25, -0.2) is 0 Å². The fourth-order valence-electron chi connectivity index (χ4n) is 1.27. The predicted octanol–water partition coefficient (Wildman–Crippen LogP) is 3.99. The van der Waals surface area contributed by atoms with E-state index >= 15 is 0 Å². The Morgan fingerprint density at radius 1 is 1.06 bits per heavy atom. The normalized spacial score (nSPS) is 8.75. The number of nitrogens with two attached hydrogens (primary N) is 2. The zero-order valence-corrected chi connectivity index (χ0v) is 14.7. The Labute approximate surface area is 113 Å². The van der Waals surface area contributed by atoms with Gasteiger partial charge in [-0.15, -0.1) is 0 Å². The van der Waals surface area contributed by atoms with Crippen molar-refractivity contribution in [3.05, 3.63) is 20.8 Å². The summed E-state index contributed by atoms with van der Waals surface area (Å²) in [5, 5.41) is 3.50. The van der Waals surface area contributed by atoms with E-state index in [4.69, 9.17) is 0 Å². The molecule has 0 heterocycles. The quantitative estimate of drug-likeness (QED) is 0.703. The van der Waals surface area contributed by atoms with E-state index in [1.165, 1.54) is 0 Å². The molecule has 5 nitrogen and oxygen atoms in total. The van der Waals surface area contributed by atoms with E-state index in [2.05, 4.69) is 41.1 Å². The summed E-state index contributed by atoms with van der Waals surface area (Å²) in [5.74, 6) is 0. The third-order valence-electron chi connectivity index (χ3n) is 1.78. The minimum Gasteiger partial charge on any atom is -0.693 e. The standard InChI is InChI=1S/C8H18N2.C2H6N.2H2N.Ta/c1-7(2)10(6-5-9)8(3)4;1-3-2;;;/h7-8H,5-6H2,1-4H3;1-2H3;2*1H2;/q+1;3*-1;. The monoisotopic (exact) mass is 399 g/mol. The van der Waals surface area contributed by atoms with E-state index in [9.17, 15) is 0 Å². The Kier molecular flexibility index (Phi) is 27.9. The van der Waals surface area contributed by atoms with Crippen molar-refractivity contribution in [1.29, 1.82) is 0 Å². The first-order chi connectivity index (χ1) is 6.51. The van der Waals surface area contributed by atoms with E-state index in [-0.39, 0.29) is 12.3 Å². The van der Waals surface area contributed by atoms with Crippen LogP contribution in [0.15, 0.2) is 0 Å². The van der Waals surface area contributed by atoms with Crippen LogP contribution < -0.4 is 0 Å². The fourth-order valence-corrected chi connectivity index (χ4v) is 1.59. The molecule has 0 rings (SSSR count). The number of hydrogen-bond donors (Lipinski definition) is 0. The summed E-state index contributed by atoms with van der Waals surface area (Å²) in [7, 11) is 3.50. The molecule has 100 valence electrons. The van der Waals surface area contributed by atoms with Crippen molar-refractivity contribution in [2.24, 2.45) is 0 Å². The molecule has 0 amide bonds. The Morgan fingerprint density at radius 2 is 1.38 bits per heavy atom. The molecule has 0 unspecified atom stereocenters. The number of nitrogens with zero attached hydrogens (tertiary/aromatic N) is 3. The second kappa shape index (κ2) is 17.7. The first-order valence-corrected chi connectivity index (χ1v) is 6.49. The summed E-state index contributed by atoms with van der Waals surface area (Å²) in [6.07, 6.45) is 0. The van der Waals surface area contributed by atoms with Crippen LogP contribution in [0.25, 0.3) is 20.8 Å². The molecule has 0 radical (unpaired) electrons. The molecule has 0 spiro atoms. The molecule has 0 aromatic carbocycles. The molecule has 0 atom stereocenters. The molecule has 4 N–H and O–H groups in total. The van der Waals surface area contributed by atoms with Crippen molar-refractivity contribution >= 4 is 0 Å². The van der Waals surface area contributed by atoms with Gasteiger partial charge in [-0.1, -0.05) is 0 Å². The molecule has 0 aromatic heterocycles. The molecule has 0 aliphatic carbocycles. The summed E-state index contributed by atoms with van der Waals surface area (Å²) in [4.78, 5) is 2.47. The Hall–Kier alpha value is 0.290. The van der Waals surface area contributed by atoms with Crippen LogP contribution in [0, 0.1) is 0 Å². The maximum Gasteiger partial charge on any atom is -0.162 e. The average molecular weight is 399 g/mol. The van der Waals surface area contributed by atoms with Crippen LogP contribution in [0.4, 0.5) is 0 Å². The Balaban J connectivity index is -0.000000129. The van der Waals surface area contributed by atoms with Gasteiger partial charge in [0, 0.05) is 0 Å². The summed E-state index contributed by atoms with van der Waals surface area (Å²) < 4.78 is 4.21. The molecule has 0 aromatic rings.